The molecule has 2 aromatic carbocycles. The van der Waals surface area contributed by atoms with Gasteiger partial charge in [0.25, 0.3) is 0 Å². The van der Waals surface area contributed by atoms with Gasteiger partial charge in [0.2, 0.25) is 0 Å². The van der Waals surface area contributed by atoms with Crippen molar-refractivity contribution in [2.75, 3.05) is 46.0 Å². The summed E-state index contributed by atoms with van der Waals surface area (Å²) in [6.07, 6.45) is -0.280. The van der Waals surface area contributed by atoms with Crippen molar-refractivity contribution < 1.29 is 36.2 Å². The van der Waals surface area contributed by atoms with E-state index in [1.807, 2.05) is 12.2 Å². The summed E-state index contributed by atoms with van der Waals surface area (Å²) in [7, 11) is 0. The first kappa shape index (κ1) is 35.0. The van der Waals surface area contributed by atoms with E-state index in [2.05, 4.69) is 14.9 Å². The number of halogens is 5. The van der Waals surface area contributed by atoms with Crippen molar-refractivity contribution in [1.29, 1.82) is 10.8 Å². The average molecular weight is 688 g/mol. The fourth-order valence-electron chi connectivity index (χ4n) is 5.54. The molecule has 1 aromatic heterocycles. The summed E-state index contributed by atoms with van der Waals surface area (Å²) in [5.41, 5.74) is 14.3. The van der Waals surface area contributed by atoms with E-state index >= 15 is 8.78 Å². The second-order valence-corrected chi connectivity index (χ2v) is 11.3. The summed E-state index contributed by atoms with van der Waals surface area (Å²) >= 11 is 0. The number of aromatic nitrogens is 3. The van der Waals surface area contributed by atoms with Gasteiger partial charge in [0.15, 0.2) is 23.6 Å². The number of benzene rings is 2. The number of esters is 1. The standard InChI is InChI=1S/C32H34F5N9O3/c33-25-17-21(19-5-9-44(10-6-19)30(38)39)1-3-23(25)27-42-43-28(46(27)13-14-48-15-16-49-29(47)32(35,36)37)24-4-2-22(18-26(24)34)20-7-11-45(12-8-20)31(40)41/h1-5,7,17-18H,6,8-16H2,(H3,38,39)(H3,40,41). The van der Waals surface area contributed by atoms with Crippen LogP contribution in [0.25, 0.3) is 33.9 Å². The van der Waals surface area contributed by atoms with Crippen molar-refractivity contribution in [3.05, 3.63) is 71.3 Å². The molecule has 49 heavy (non-hydrogen) atoms. The minimum absolute atomic E-state index is 0.0450. The first-order valence-corrected chi connectivity index (χ1v) is 15.2. The van der Waals surface area contributed by atoms with E-state index in [0.717, 1.165) is 11.1 Å². The van der Waals surface area contributed by atoms with Gasteiger partial charge in [-0.1, -0.05) is 24.3 Å². The summed E-state index contributed by atoms with van der Waals surface area (Å²) in [5, 5.41) is 23.6. The second-order valence-electron chi connectivity index (χ2n) is 11.3. The van der Waals surface area contributed by atoms with Gasteiger partial charge in [0.05, 0.1) is 24.3 Å². The van der Waals surface area contributed by atoms with E-state index in [1.54, 1.807) is 21.9 Å². The second kappa shape index (κ2) is 14.8. The zero-order valence-corrected chi connectivity index (χ0v) is 26.2. The SMILES string of the molecule is N=C(N)N1CC=C(c2ccc(-c3nnc(-c4ccc(C5=CCN(C(=N)N)CC5)cc4F)n3CCOCCOC(=O)C(F)(F)F)c(F)c2)CC1. The summed E-state index contributed by atoms with van der Waals surface area (Å²) < 4.78 is 79.6. The van der Waals surface area contributed by atoms with Crippen LogP contribution < -0.4 is 11.5 Å². The zero-order chi connectivity index (χ0) is 35.3. The van der Waals surface area contributed by atoms with Crippen LogP contribution >= 0.6 is 0 Å². The molecular formula is C32H34F5N9O3. The summed E-state index contributed by atoms with van der Waals surface area (Å²) in [5.74, 6) is -3.53. The summed E-state index contributed by atoms with van der Waals surface area (Å²) in [6, 6.07) is 9.22. The topological polar surface area (TPSA) is 172 Å². The Hall–Kier alpha value is -5.32. The number of carbonyl (C=O) groups is 1. The maximum Gasteiger partial charge on any atom is 0.490 e. The van der Waals surface area contributed by atoms with Gasteiger partial charge in [-0.05, 0) is 59.4 Å². The predicted molar refractivity (Wildman–Crippen MR) is 171 cm³/mol. The first-order chi connectivity index (χ1) is 23.3. The zero-order valence-electron chi connectivity index (χ0n) is 26.2. The van der Waals surface area contributed by atoms with Crippen molar-refractivity contribution in [1.82, 2.24) is 24.6 Å². The lowest BCUT2D eigenvalue weighted by Gasteiger charge is -2.26. The Morgan fingerprint density at radius 3 is 1.67 bits per heavy atom. The van der Waals surface area contributed by atoms with E-state index < -0.39 is 30.4 Å². The molecule has 0 aliphatic carbocycles. The molecule has 2 aliphatic rings. The number of nitrogens with one attached hydrogen (secondary N) is 2. The molecular weight excluding hydrogens is 653 g/mol. The van der Waals surface area contributed by atoms with Gasteiger partial charge in [0.1, 0.15) is 18.2 Å². The lowest BCUT2D eigenvalue weighted by atomic mass is 9.97. The minimum Gasteiger partial charge on any atom is -0.457 e. The number of nitrogens with two attached hydrogens (primary N) is 2. The third-order valence-corrected chi connectivity index (χ3v) is 8.16. The van der Waals surface area contributed by atoms with Crippen molar-refractivity contribution >= 4 is 29.0 Å². The molecule has 6 N–H and O–H groups in total. The van der Waals surface area contributed by atoms with Gasteiger partial charge in [-0.2, -0.15) is 13.2 Å². The molecule has 2 aliphatic heterocycles. The Kier molecular flexibility index (Phi) is 10.6. The van der Waals surface area contributed by atoms with Gasteiger partial charge in [0, 0.05) is 32.7 Å². The van der Waals surface area contributed by atoms with Crippen LogP contribution in [0, 0.1) is 22.5 Å². The van der Waals surface area contributed by atoms with Crippen LogP contribution in [-0.4, -0.2) is 94.6 Å². The maximum atomic E-state index is 15.7. The number of guanidine groups is 2. The number of nitrogens with zero attached hydrogens (tertiary/aromatic N) is 5. The molecule has 0 amide bonds. The highest BCUT2D eigenvalue weighted by atomic mass is 19.4. The van der Waals surface area contributed by atoms with Gasteiger partial charge in [-0.15, -0.1) is 10.2 Å². The molecule has 3 aromatic rings. The van der Waals surface area contributed by atoms with Crippen LogP contribution in [0.3, 0.4) is 0 Å². The van der Waals surface area contributed by atoms with Crippen molar-refractivity contribution in [2.45, 2.75) is 25.6 Å². The molecule has 0 saturated carbocycles. The van der Waals surface area contributed by atoms with Crippen LogP contribution in [0.4, 0.5) is 22.0 Å². The first-order valence-electron chi connectivity index (χ1n) is 15.2. The van der Waals surface area contributed by atoms with E-state index in [0.29, 0.717) is 50.1 Å². The smallest absolute Gasteiger partial charge is 0.457 e. The van der Waals surface area contributed by atoms with Crippen LogP contribution in [0.1, 0.15) is 24.0 Å². The largest absolute Gasteiger partial charge is 0.490 e. The van der Waals surface area contributed by atoms with E-state index in [4.69, 9.17) is 27.0 Å². The highest BCUT2D eigenvalue weighted by Crippen LogP contribution is 2.32. The van der Waals surface area contributed by atoms with Gasteiger partial charge >= 0.3 is 12.1 Å². The van der Waals surface area contributed by atoms with E-state index in [1.165, 1.54) is 28.8 Å². The van der Waals surface area contributed by atoms with Crippen LogP contribution in [0.15, 0.2) is 48.6 Å². The Morgan fingerprint density at radius 2 is 1.29 bits per heavy atom. The van der Waals surface area contributed by atoms with Crippen LogP contribution in [0.2, 0.25) is 0 Å². The normalized spacial score (nSPS) is 15.1. The van der Waals surface area contributed by atoms with Gasteiger partial charge in [-0.25, -0.2) is 13.6 Å². The van der Waals surface area contributed by atoms with Crippen molar-refractivity contribution in [3.8, 4) is 22.8 Å². The molecule has 0 saturated heterocycles. The fraction of sp³-hybridized carbons (Fsp3) is 0.344. The average Bonchev–Trinajstić information content (AvgIpc) is 3.48. The molecule has 0 atom stereocenters. The Bertz CT molecular complexity index is 1700. The molecule has 260 valence electrons. The monoisotopic (exact) mass is 687 g/mol. The molecule has 17 heteroatoms. The molecule has 12 nitrogen and oxygen atoms in total. The Labute approximate surface area is 277 Å². The lowest BCUT2D eigenvalue weighted by molar-refractivity contribution is -0.200. The molecule has 0 bridgehead atoms. The quantitative estimate of drug-likeness (QED) is 0.0809. The predicted octanol–water partition coefficient (Wildman–Crippen LogP) is 3.98. The third-order valence-electron chi connectivity index (χ3n) is 8.16. The number of carbonyl (C=O) groups excluding carboxylic acids is 1. The molecule has 5 rings (SSSR count). The minimum atomic E-state index is -5.13. The number of hydrogen-bond acceptors (Lipinski definition) is 7. The molecule has 0 radical (unpaired) electrons. The number of hydrogen-bond donors (Lipinski definition) is 4. The van der Waals surface area contributed by atoms with Gasteiger partial charge < -0.3 is 35.3 Å². The molecule has 0 unspecified atom stereocenters. The van der Waals surface area contributed by atoms with Crippen LogP contribution in [-0.2, 0) is 20.8 Å². The number of alkyl halides is 3. The molecule has 3 heterocycles. The van der Waals surface area contributed by atoms with E-state index in [9.17, 15) is 18.0 Å². The number of ether oxygens (including phenoxy) is 2. The number of rotatable bonds is 10. The van der Waals surface area contributed by atoms with Crippen molar-refractivity contribution in [2.24, 2.45) is 11.5 Å². The van der Waals surface area contributed by atoms with Crippen LogP contribution in [0.5, 0.6) is 0 Å². The highest BCUT2D eigenvalue weighted by Gasteiger charge is 2.40. The molecule has 0 spiro atoms. The van der Waals surface area contributed by atoms with Crippen molar-refractivity contribution in [3.63, 3.8) is 0 Å². The third kappa shape index (κ3) is 8.22. The Morgan fingerprint density at radius 1 is 0.796 bits per heavy atom. The lowest BCUT2D eigenvalue weighted by Crippen LogP contribution is -2.39. The summed E-state index contributed by atoms with van der Waals surface area (Å²) in [4.78, 5) is 14.3. The molecule has 0 fully saturated rings. The highest BCUT2D eigenvalue weighted by molar-refractivity contribution is 5.79. The van der Waals surface area contributed by atoms with E-state index in [-0.39, 0.29) is 54.5 Å². The summed E-state index contributed by atoms with van der Waals surface area (Å²) in [6.45, 7) is 0.663. The van der Waals surface area contributed by atoms with Gasteiger partial charge in [-0.3, -0.25) is 10.8 Å². The maximum absolute atomic E-state index is 15.7. The Balaban J connectivity index is 1.40. The fourth-order valence-corrected chi connectivity index (χ4v) is 5.54.